The van der Waals surface area contributed by atoms with Crippen LogP contribution in [-0.4, -0.2) is 27.1 Å². The first-order valence-corrected chi connectivity index (χ1v) is 10.6. The average Bonchev–Trinajstić information content (AvgIpc) is 2.58. The van der Waals surface area contributed by atoms with Gasteiger partial charge in [-0.1, -0.05) is 50.2 Å². The number of nitrogens with one attached hydrogen (secondary N) is 1. The molecular weight excluding hydrogens is 367 g/mol. The van der Waals surface area contributed by atoms with Crippen molar-refractivity contribution in [3.8, 4) is 0 Å². The Morgan fingerprint density at radius 3 is 2.33 bits per heavy atom. The lowest BCUT2D eigenvalue weighted by Gasteiger charge is -2.25. The molecule has 0 aliphatic carbocycles. The molecule has 27 heavy (non-hydrogen) atoms. The van der Waals surface area contributed by atoms with Crippen LogP contribution in [0.3, 0.4) is 0 Å². The Labute approximate surface area is 160 Å². The van der Waals surface area contributed by atoms with E-state index in [2.05, 4.69) is 19.2 Å². The third kappa shape index (κ3) is 6.36. The fraction of sp³-hybridized carbons (Fsp3) is 0.350. The predicted molar refractivity (Wildman–Crippen MR) is 105 cm³/mol. The quantitative estimate of drug-likeness (QED) is 0.748. The van der Waals surface area contributed by atoms with E-state index in [9.17, 15) is 17.6 Å². The zero-order chi connectivity index (χ0) is 20.0. The summed E-state index contributed by atoms with van der Waals surface area (Å²) in [5, 5.41) is 2.91. The van der Waals surface area contributed by atoms with Gasteiger partial charge in [0.2, 0.25) is 15.9 Å². The van der Waals surface area contributed by atoms with Crippen LogP contribution in [-0.2, 0) is 14.8 Å². The molecule has 0 aliphatic heterocycles. The zero-order valence-corrected chi connectivity index (χ0v) is 16.5. The molecular formula is C20H25FN2O3S. The SMILES string of the molecule is CC(C)C[C@H](NC(=O)CN(c1cccc(F)c1)S(C)(=O)=O)c1ccccc1. The van der Waals surface area contributed by atoms with Gasteiger partial charge in [0.15, 0.2) is 0 Å². The summed E-state index contributed by atoms with van der Waals surface area (Å²) in [6.45, 7) is 3.69. The second-order valence-electron chi connectivity index (χ2n) is 6.91. The van der Waals surface area contributed by atoms with Gasteiger partial charge in [0.05, 0.1) is 18.0 Å². The van der Waals surface area contributed by atoms with Gasteiger partial charge in [-0.15, -0.1) is 0 Å². The van der Waals surface area contributed by atoms with Crippen LogP contribution in [0.15, 0.2) is 54.6 Å². The number of carbonyl (C=O) groups excluding carboxylic acids is 1. The van der Waals surface area contributed by atoms with Crippen molar-refractivity contribution in [2.75, 3.05) is 17.1 Å². The number of hydrogen-bond donors (Lipinski definition) is 1. The molecule has 1 N–H and O–H groups in total. The third-order valence-corrected chi connectivity index (χ3v) is 5.17. The van der Waals surface area contributed by atoms with E-state index in [0.717, 1.165) is 22.2 Å². The first-order valence-electron chi connectivity index (χ1n) is 8.74. The number of anilines is 1. The molecule has 0 spiro atoms. The van der Waals surface area contributed by atoms with Crippen molar-refractivity contribution in [3.05, 3.63) is 66.0 Å². The van der Waals surface area contributed by atoms with Crippen molar-refractivity contribution in [3.63, 3.8) is 0 Å². The van der Waals surface area contributed by atoms with Crippen molar-refractivity contribution in [1.29, 1.82) is 0 Å². The molecule has 0 unspecified atom stereocenters. The molecule has 0 radical (unpaired) electrons. The second kappa shape index (κ2) is 8.99. The lowest BCUT2D eigenvalue weighted by Crippen LogP contribution is -2.41. The predicted octanol–water partition coefficient (Wildman–Crippen LogP) is 3.50. The summed E-state index contributed by atoms with van der Waals surface area (Å²) < 4.78 is 38.7. The van der Waals surface area contributed by atoms with E-state index in [4.69, 9.17) is 0 Å². The number of amides is 1. The van der Waals surface area contributed by atoms with Gasteiger partial charge in [0.25, 0.3) is 0 Å². The lowest BCUT2D eigenvalue weighted by atomic mass is 9.97. The first kappa shape index (κ1) is 20.9. The smallest absolute Gasteiger partial charge is 0.241 e. The zero-order valence-electron chi connectivity index (χ0n) is 15.7. The fourth-order valence-electron chi connectivity index (χ4n) is 2.84. The van der Waals surface area contributed by atoms with E-state index in [-0.39, 0.29) is 11.7 Å². The van der Waals surface area contributed by atoms with E-state index >= 15 is 0 Å². The molecule has 5 nitrogen and oxygen atoms in total. The van der Waals surface area contributed by atoms with Gasteiger partial charge in [-0.05, 0) is 36.1 Å². The highest BCUT2D eigenvalue weighted by molar-refractivity contribution is 7.92. The van der Waals surface area contributed by atoms with Crippen molar-refractivity contribution < 1.29 is 17.6 Å². The Morgan fingerprint density at radius 1 is 1.11 bits per heavy atom. The Kier molecular flexibility index (Phi) is 6.96. The summed E-state index contributed by atoms with van der Waals surface area (Å²) in [6, 6.07) is 14.5. The first-order chi connectivity index (χ1) is 12.7. The minimum absolute atomic E-state index is 0.118. The molecule has 2 aromatic carbocycles. The van der Waals surface area contributed by atoms with Crippen LogP contribution in [0.1, 0.15) is 31.9 Å². The maximum atomic E-state index is 13.5. The molecule has 7 heteroatoms. The van der Waals surface area contributed by atoms with Crippen LogP contribution in [0.5, 0.6) is 0 Å². The minimum Gasteiger partial charge on any atom is -0.348 e. The molecule has 1 atom stereocenters. The van der Waals surface area contributed by atoms with Crippen molar-refractivity contribution in [2.24, 2.45) is 5.92 Å². The summed E-state index contributed by atoms with van der Waals surface area (Å²) in [5.41, 5.74) is 1.07. The Hall–Kier alpha value is -2.41. The number of benzene rings is 2. The molecule has 0 fully saturated rings. The van der Waals surface area contributed by atoms with E-state index in [1.54, 1.807) is 0 Å². The van der Waals surface area contributed by atoms with Gasteiger partial charge < -0.3 is 5.32 Å². The van der Waals surface area contributed by atoms with Gasteiger partial charge in [0.1, 0.15) is 12.4 Å². The lowest BCUT2D eigenvalue weighted by molar-refractivity contribution is -0.120. The summed E-state index contributed by atoms with van der Waals surface area (Å²) in [4.78, 5) is 12.6. The second-order valence-corrected chi connectivity index (χ2v) is 8.82. The highest BCUT2D eigenvalue weighted by atomic mass is 32.2. The van der Waals surface area contributed by atoms with Crippen LogP contribution in [0.2, 0.25) is 0 Å². The highest BCUT2D eigenvalue weighted by Crippen LogP contribution is 2.22. The maximum Gasteiger partial charge on any atom is 0.241 e. The Balaban J connectivity index is 2.21. The third-order valence-electron chi connectivity index (χ3n) is 4.03. The number of sulfonamides is 1. The number of halogens is 1. The summed E-state index contributed by atoms with van der Waals surface area (Å²) in [5.74, 6) is -0.674. The fourth-order valence-corrected chi connectivity index (χ4v) is 3.69. The van der Waals surface area contributed by atoms with Crippen LogP contribution in [0.4, 0.5) is 10.1 Å². The summed E-state index contributed by atoms with van der Waals surface area (Å²) >= 11 is 0. The Morgan fingerprint density at radius 2 is 1.78 bits per heavy atom. The van der Waals surface area contributed by atoms with Crippen LogP contribution < -0.4 is 9.62 Å². The van der Waals surface area contributed by atoms with Crippen molar-refractivity contribution in [1.82, 2.24) is 5.32 Å². The molecule has 0 saturated heterocycles. The van der Waals surface area contributed by atoms with Gasteiger partial charge in [0, 0.05) is 0 Å². The maximum absolute atomic E-state index is 13.5. The number of nitrogens with zero attached hydrogens (tertiary/aromatic N) is 1. The van der Waals surface area contributed by atoms with E-state index in [1.165, 1.54) is 18.2 Å². The number of rotatable bonds is 8. The number of hydrogen-bond acceptors (Lipinski definition) is 3. The van der Waals surface area contributed by atoms with Crippen molar-refractivity contribution >= 4 is 21.6 Å². The molecule has 2 aromatic rings. The monoisotopic (exact) mass is 392 g/mol. The van der Waals surface area contributed by atoms with Gasteiger partial charge >= 0.3 is 0 Å². The van der Waals surface area contributed by atoms with Gasteiger partial charge in [-0.25, -0.2) is 12.8 Å². The van der Waals surface area contributed by atoms with Crippen LogP contribution in [0.25, 0.3) is 0 Å². The highest BCUT2D eigenvalue weighted by Gasteiger charge is 2.23. The molecule has 0 saturated carbocycles. The van der Waals surface area contributed by atoms with E-state index in [1.807, 2.05) is 30.3 Å². The van der Waals surface area contributed by atoms with Crippen LogP contribution in [0, 0.1) is 11.7 Å². The number of carbonyl (C=O) groups is 1. The van der Waals surface area contributed by atoms with Gasteiger partial charge in [-0.2, -0.15) is 0 Å². The standard InChI is InChI=1S/C20H25FN2O3S/c1-15(2)12-19(16-8-5-4-6-9-16)22-20(24)14-23(27(3,25)26)18-11-7-10-17(21)13-18/h4-11,13,15,19H,12,14H2,1-3H3,(H,22,24)/t19-/m0/s1. The molecule has 2 rings (SSSR count). The summed E-state index contributed by atoms with van der Waals surface area (Å²) in [6.07, 6.45) is 1.71. The Bertz CT molecular complexity index is 870. The van der Waals surface area contributed by atoms with Crippen molar-refractivity contribution in [2.45, 2.75) is 26.3 Å². The summed E-state index contributed by atoms with van der Waals surface area (Å²) in [7, 11) is -3.75. The normalized spacial score (nSPS) is 12.6. The average molecular weight is 392 g/mol. The molecule has 0 bridgehead atoms. The molecule has 0 heterocycles. The van der Waals surface area contributed by atoms with Crippen LogP contribution >= 0.6 is 0 Å². The molecule has 146 valence electrons. The molecule has 0 aliphatic rings. The van der Waals surface area contributed by atoms with E-state index in [0.29, 0.717) is 12.3 Å². The largest absolute Gasteiger partial charge is 0.348 e. The van der Waals surface area contributed by atoms with Gasteiger partial charge in [-0.3, -0.25) is 9.10 Å². The topological polar surface area (TPSA) is 66.5 Å². The van der Waals surface area contributed by atoms with E-state index < -0.39 is 28.3 Å². The molecule has 0 aromatic heterocycles. The minimum atomic E-state index is -3.75. The molecule has 1 amide bonds.